The zero-order valence-electron chi connectivity index (χ0n) is 7.19. The van der Waals surface area contributed by atoms with Crippen molar-refractivity contribution >= 4 is 0 Å². The smallest absolute Gasteiger partial charge is 0.0351 e. The molecule has 0 aromatic heterocycles. The fourth-order valence-electron chi connectivity index (χ4n) is 0.760. The van der Waals surface area contributed by atoms with Crippen molar-refractivity contribution in [2.24, 2.45) is 0 Å². The maximum Gasteiger partial charge on any atom is -0.0351 e. The van der Waals surface area contributed by atoms with Gasteiger partial charge in [-0.3, -0.25) is 0 Å². The third kappa shape index (κ3) is 10.5. The molecule has 10 heavy (non-hydrogen) atoms. The van der Waals surface area contributed by atoms with Gasteiger partial charge in [-0.05, 0) is 39.5 Å². The summed E-state index contributed by atoms with van der Waals surface area (Å²) in [5.74, 6) is 0. The lowest BCUT2D eigenvalue weighted by Crippen LogP contribution is -1.77. The molecule has 0 aromatic rings. The lowest BCUT2D eigenvalue weighted by molar-refractivity contribution is 0.730. The van der Waals surface area contributed by atoms with E-state index in [1.807, 2.05) is 13.8 Å². The summed E-state index contributed by atoms with van der Waals surface area (Å²) in [7, 11) is 0. The maximum absolute atomic E-state index is 3.56. The van der Waals surface area contributed by atoms with Crippen LogP contribution >= 0.6 is 0 Å². The molecule has 0 heterocycles. The molecule has 0 atom stereocenters. The molecule has 1 aliphatic carbocycles. The van der Waals surface area contributed by atoms with Crippen LogP contribution in [0.5, 0.6) is 0 Å². The third-order valence-electron chi connectivity index (χ3n) is 1.16. The van der Waals surface area contributed by atoms with Crippen molar-refractivity contribution < 1.29 is 0 Å². The van der Waals surface area contributed by atoms with E-state index in [4.69, 9.17) is 0 Å². The quantitative estimate of drug-likeness (QED) is 0.448. The Balaban J connectivity index is 0.000000180. The monoisotopic (exact) mass is 138 g/mol. The molecule has 0 bridgehead atoms. The Kier molecular flexibility index (Phi) is 6.25. The minimum Gasteiger partial charge on any atom is -0.100 e. The molecule has 0 saturated carbocycles. The van der Waals surface area contributed by atoms with E-state index in [0.717, 1.165) is 0 Å². The van der Waals surface area contributed by atoms with Crippen LogP contribution in [0.3, 0.4) is 0 Å². The van der Waals surface area contributed by atoms with E-state index in [0.29, 0.717) is 0 Å². The molecule has 1 rings (SSSR count). The van der Waals surface area contributed by atoms with Crippen LogP contribution in [-0.2, 0) is 0 Å². The number of hydrogen-bond acceptors (Lipinski definition) is 0. The second kappa shape index (κ2) is 6.60. The van der Waals surface area contributed by atoms with Crippen LogP contribution in [0.15, 0.2) is 24.3 Å². The van der Waals surface area contributed by atoms with E-state index in [9.17, 15) is 0 Å². The van der Waals surface area contributed by atoms with Crippen LogP contribution < -0.4 is 0 Å². The van der Waals surface area contributed by atoms with Crippen LogP contribution in [-0.4, -0.2) is 0 Å². The summed E-state index contributed by atoms with van der Waals surface area (Å²) < 4.78 is 0. The lowest BCUT2D eigenvalue weighted by Gasteiger charge is -1.97. The lowest BCUT2D eigenvalue weighted by atomic mass is 10.1. The summed E-state index contributed by atoms with van der Waals surface area (Å²) >= 11 is 0. The largest absolute Gasteiger partial charge is 0.100 e. The molecule has 0 heteroatoms. The molecule has 0 aromatic carbocycles. The van der Waals surface area contributed by atoms with Crippen LogP contribution in [0.1, 0.15) is 39.5 Å². The molecule has 0 unspecified atom stereocenters. The first-order valence-corrected chi connectivity index (χ1v) is 4.00. The minimum absolute atomic E-state index is 1.17. The van der Waals surface area contributed by atoms with Crippen LogP contribution in [0, 0.1) is 0 Å². The Morgan fingerprint density at radius 3 is 1.50 bits per heavy atom. The molecule has 0 spiro atoms. The Morgan fingerprint density at radius 1 is 1.10 bits per heavy atom. The van der Waals surface area contributed by atoms with Gasteiger partial charge < -0.3 is 0 Å². The summed E-state index contributed by atoms with van der Waals surface area (Å²) in [6, 6.07) is 0. The van der Waals surface area contributed by atoms with Crippen LogP contribution in [0.25, 0.3) is 0 Å². The highest BCUT2D eigenvalue weighted by atomic mass is 13.9. The molecule has 58 valence electrons. The van der Waals surface area contributed by atoms with Crippen LogP contribution in [0.2, 0.25) is 0 Å². The van der Waals surface area contributed by atoms with Crippen molar-refractivity contribution in [3.8, 4) is 0 Å². The van der Waals surface area contributed by atoms with E-state index in [1.54, 1.807) is 0 Å². The molecular formula is C10H18. The van der Waals surface area contributed by atoms with E-state index in [-0.39, 0.29) is 0 Å². The third-order valence-corrected chi connectivity index (χ3v) is 1.16. The highest BCUT2D eigenvalue weighted by Crippen LogP contribution is 2.07. The zero-order chi connectivity index (χ0) is 7.82. The number of allylic oxidation sites excluding steroid dienone is 3. The Morgan fingerprint density at radius 2 is 1.40 bits per heavy atom. The predicted octanol–water partition coefficient (Wildman–Crippen LogP) is 3.70. The van der Waals surface area contributed by atoms with Gasteiger partial charge in [0.2, 0.25) is 0 Å². The first-order valence-electron chi connectivity index (χ1n) is 4.00. The summed E-state index contributed by atoms with van der Waals surface area (Å²) in [5.41, 5.74) is 1.17. The summed E-state index contributed by atoms with van der Waals surface area (Å²) in [5, 5.41) is 0. The Bertz CT molecular complexity index is 97.2. The second-order valence-corrected chi connectivity index (χ2v) is 2.96. The highest BCUT2D eigenvalue weighted by molar-refractivity contribution is 4.85. The van der Waals surface area contributed by atoms with E-state index >= 15 is 0 Å². The number of hydrogen-bond donors (Lipinski definition) is 0. The van der Waals surface area contributed by atoms with Gasteiger partial charge in [0, 0.05) is 0 Å². The fraction of sp³-hybridized carbons (Fsp3) is 0.600. The minimum atomic E-state index is 1.17. The van der Waals surface area contributed by atoms with Gasteiger partial charge >= 0.3 is 0 Å². The first kappa shape index (κ1) is 9.48. The average Bonchev–Trinajstić information content (AvgIpc) is 1.90. The second-order valence-electron chi connectivity index (χ2n) is 2.96. The molecular weight excluding hydrogens is 120 g/mol. The van der Waals surface area contributed by atoms with Crippen molar-refractivity contribution in [2.75, 3.05) is 0 Å². The van der Waals surface area contributed by atoms with Crippen molar-refractivity contribution in [3.63, 3.8) is 0 Å². The van der Waals surface area contributed by atoms with Crippen molar-refractivity contribution in [1.29, 1.82) is 0 Å². The molecule has 0 aliphatic heterocycles. The predicted molar refractivity (Wildman–Crippen MR) is 48.1 cm³/mol. The molecule has 0 radical (unpaired) electrons. The topological polar surface area (TPSA) is 0 Å². The van der Waals surface area contributed by atoms with Gasteiger partial charge in [-0.2, -0.15) is 0 Å². The number of rotatable bonds is 0. The van der Waals surface area contributed by atoms with Gasteiger partial charge in [0.15, 0.2) is 0 Å². The molecule has 0 N–H and O–H groups in total. The van der Waals surface area contributed by atoms with Gasteiger partial charge in [0.05, 0.1) is 0 Å². The Hall–Kier alpha value is -0.520. The summed E-state index contributed by atoms with van der Waals surface area (Å²) in [6.45, 7) is 7.50. The van der Waals surface area contributed by atoms with Gasteiger partial charge in [-0.1, -0.05) is 17.7 Å². The molecule has 0 fully saturated rings. The van der Waals surface area contributed by atoms with Gasteiger partial charge in [-0.25, -0.2) is 0 Å². The van der Waals surface area contributed by atoms with Gasteiger partial charge in [0.25, 0.3) is 0 Å². The van der Waals surface area contributed by atoms with E-state index in [1.165, 1.54) is 31.3 Å². The summed E-state index contributed by atoms with van der Waals surface area (Å²) in [4.78, 5) is 0. The van der Waals surface area contributed by atoms with Gasteiger partial charge in [-0.15, -0.1) is 6.58 Å². The molecule has 1 aliphatic rings. The van der Waals surface area contributed by atoms with Crippen molar-refractivity contribution in [2.45, 2.75) is 39.5 Å². The molecule has 0 amide bonds. The average molecular weight is 138 g/mol. The van der Waals surface area contributed by atoms with Crippen LogP contribution in [0.4, 0.5) is 0 Å². The first-order chi connectivity index (χ1) is 4.73. The molecule has 0 nitrogen and oxygen atoms in total. The maximum atomic E-state index is 3.56. The van der Waals surface area contributed by atoms with Crippen molar-refractivity contribution in [1.82, 2.24) is 0 Å². The van der Waals surface area contributed by atoms with E-state index in [2.05, 4.69) is 18.7 Å². The highest BCUT2D eigenvalue weighted by Gasteiger charge is 1.87. The van der Waals surface area contributed by atoms with E-state index < -0.39 is 0 Å². The fourth-order valence-corrected chi connectivity index (χ4v) is 0.760. The van der Waals surface area contributed by atoms with Gasteiger partial charge in [0.1, 0.15) is 0 Å². The van der Waals surface area contributed by atoms with Crippen molar-refractivity contribution in [3.05, 3.63) is 24.3 Å². The zero-order valence-corrected chi connectivity index (χ0v) is 7.19. The normalized spacial score (nSPS) is 15.4. The SMILES string of the molecule is C1=CCCCC1.C=C(C)C. The standard InChI is InChI=1S/C6H10.C4H8/c1-2-4-6-5-3-1;1-4(2)3/h1-2H,3-6H2;1H2,2-3H3. The molecule has 0 saturated heterocycles. The Labute approximate surface area is 64.6 Å². The summed E-state index contributed by atoms with van der Waals surface area (Å²) in [6.07, 6.45) is 10.0.